The molecule has 1 saturated carbocycles. The van der Waals surface area contributed by atoms with Gasteiger partial charge in [0.2, 0.25) is 0 Å². The number of hydrogen-bond acceptors (Lipinski definition) is 4. The molecule has 4 rings (SSSR count). The molecule has 1 atom stereocenters. The van der Waals surface area contributed by atoms with Crippen LogP contribution in [0.3, 0.4) is 0 Å². The van der Waals surface area contributed by atoms with E-state index in [-0.39, 0.29) is 11.9 Å². The van der Waals surface area contributed by atoms with Crippen LogP contribution in [0.1, 0.15) is 60.2 Å². The first-order valence-electron chi connectivity index (χ1n) is 8.84. The van der Waals surface area contributed by atoms with Gasteiger partial charge in [-0.25, -0.2) is 9.97 Å². The third-order valence-corrected chi connectivity index (χ3v) is 5.25. The Labute approximate surface area is 141 Å². The van der Waals surface area contributed by atoms with Gasteiger partial charge in [-0.2, -0.15) is 0 Å². The Hall–Kier alpha value is -2.24. The summed E-state index contributed by atoms with van der Waals surface area (Å²) in [6, 6.07) is 0.0561. The minimum Gasteiger partial charge on any atom is -0.333 e. The van der Waals surface area contributed by atoms with Crippen LogP contribution in [0.5, 0.6) is 0 Å². The van der Waals surface area contributed by atoms with Crippen molar-refractivity contribution in [1.29, 1.82) is 0 Å². The summed E-state index contributed by atoms with van der Waals surface area (Å²) < 4.78 is 2.22. The van der Waals surface area contributed by atoms with Crippen LogP contribution in [-0.2, 0) is 6.54 Å². The SMILES string of the molecule is Cc1cnc(C(=O)N2CCCn3ccnc3C2C2CCCC2)cn1. The van der Waals surface area contributed by atoms with Crippen molar-refractivity contribution >= 4 is 5.91 Å². The lowest BCUT2D eigenvalue weighted by atomic mass is 9.95. The Bertz CT molecular complexity index is 717. The zero-order chi connectivity index (χ0) is 16.5. The smallest absolute Gasteiger partial charge is 0.274 e. The van der Waals surface area contributed by atoms with Crippen molar-refractivity contribution in [2.24, 2.45) is 5.92 Å². The molecule has 6 nitrogen and oxygen atoms in total. The maximum atomic E-state index is 13.1. The first-order chi connectivity index (χ1) is 11.7. The van der Waals surface area contributed by atoms with E-state index in [1.165, 1.54) is 25.7 Å². The number of carbonyl (C=O) groups is 1. The lowest BCUT2D eigenvalue weighted by Crippen LogP contribution is -2.39. The number of fused-ring (bicyclic) bond motifs is 1. The van der Waals surface area contributed by atoms with Crippen molar-refractivity contribution in [1.82, 2.24) is 24.4 Å². The minimum atomic E-state index is -0.0177. The molecule has 2 aromatic rings. The summed E-state index contributed by atoms with van der Waals surface area (Å²) in [5.74, 6) is 1.51. The van der Waals surface area contributed by atoms with Gasteiger partial charge in [-0.1, -0.05) is 12.8 Å². The Kier molecular flexibility index (Phi) is 4.04. The van der Waals surface area contributed by atoms with Crippen molar-refractivity contribution in [3.8, 4) is 0 Å². The van der Waals surface area contributed by atoms with Gasteiger partial charge in [-0.15, -0.1) is 0 Å². The van der Waals surface area contributed by atoms with E-state index in [1.54, 1.807) is 12.4 Å². The lowest BCUT2D eigenvalue weighted by Gasteiger charge is -2.33. The molecule has 2 aliphatic rings. The van der Waals surface area contributed by atoms with E-state index in [2.05, 4.69) is 19.5 Å². The van der Waals surface area contributed by atoms with Gasteiger partial charge in [0.25, 0.3) is 5.91 Å². The molecule has 2 aromatic heterocycles. The quantitative estimate of drug-likeness (QED) is 0.851. The number of imidazole rings is 1. The Morgan fingerprint density at radius 3 is 2.67 bits per heavy atom. The van der Waals surface area contributed by atoms with Crippen LogP contribution in [0, 0.1) is 12.8 Å². The molecule has 1 unspecified atom stereocenters. The molecule has 1 fully saturated rings. The van der Waals surface area contributed by atoms with Crippen LogP contribution in [0.2, 0.25) is 0 Å². The molecule has 126 valence electrons. The molecule has 3 heterocycles. The van der Waals surface area contributed by atoms with Gasteiger partial charge in [-0.3, -0.25) is 9.78 Å². The molecule has 0 saturated heterocycles. The van der Waals surface area contributed by atoms with Gasteiger partial charge in [0.15, 0.2) is 0 Å². The molecule has 0 bridgehead atoms. The van der Waals surface area contributed by atoms with Crippen LogP contribution in [0.25, 0.3) is 0 Å². The number of aryl methyl sites for hydroxylation is 2. The number of nitrogens with zero attached hydrogens (tertiary/aromatic N) is 5. The summed E-state index contributed by atoms with van der Waals surface area (Å²) >= 11 is 0. The van der Waals surface area contributed by atoms with Gasteiger partial charge >= 0.3 is 0 Å². The second kappa shape index (κ2) is 6.34. The van der Waals surface area contributed by atoms with Gasteiger partial charge in [-0.05, 0) is 32.1 Å². The predicted molar refractivity (Wildman–Crippen MR) is 89.3 cm³/mol. The van der Waals surface area contributed by atoms with E-state index in [1.807, 2.05) is 24.2 Å². The van der Waals surface area contributed by atoms with Gasteiger partial charge in [0, 0.05) is 31.7 Å². The molecule has 6 heteroatoms. The highest BCUT2D eigenvalue weighted by molar-refractivity contribution is 5.92. The Morgan fingerprint density at radius 1 is 1.08 bits per heavy atom. The van der Waals surface area contributed by atoms with Crippen LogP contribution < -0.4 is 0 Å². The average Bonchev–Trinajstić information content (AvgIpc) is 3.24. The summed E-state index contributed by atoms with van der Waals surface area (Å²) in [5, 5.41) is 0. The zero-order valence-corrected chi connectivity index (χ0v) is 14.1. The van der Waals surface area contributed by atoms with Gasteiger partial charge in [0.1, 0.15) is 11.5 Å². The highest BCUT2D eigenvalue weighted by Crippen LogP contribution is 2.40. The number of carbonyl (C=O) groups excluding carboxylic acids is 1. The van der Waals surface area contributed by atoms with Crippen molar-refractivity contribution in [3.05, 3.63) is 42.0 Å². The predicted octanol–water partition coefficient (Wildman–Crippen LogP) is 2.76. The van der Waals surface area contributed by atoms with Gasteiger partial charge in [0.05, 0.1) is 17.9 Å². The topological polar surface area (TPSA) is 63.9 Å². The molecule has 1 aliphatic heterocycles. The maximum absolute atomic E-state index is 13.1. The van der Waals surface area contributed by atoms with Crippen LogP contribution in [0.15, 0.2) is 24.8 Å². The number of aromatic nitrogens is 4. The number of rotatable bonds is 2. The molecule has 0 N–H and O–H groups in total. The van der Waals surface area contributed by atoms with Crippen LogP contribution in [-0.4, -0.2) is 36.9 Å². The van der Waals surface area contributed by atoms with E-state index in [9.17, 15) is 4.79 Å². The number of hydrogen-bond donors (Lipinski definition) is 0. The molecule has 1 amide bonds. The first-order valence-corrected chi connectivity index (χ1v) is 8.84. The molecular formula is C18H23N5O. The summed E-state index contributed by atoms with van der Waals surface area (Å²) in [7, 11) is 0. The molecular weight excluding hydrogens is 302 g/mol. The molecule has 24 heavy (non-hydrogen) atoms. The van der Waals surface area contributed by atoms with Crippen molar-refractivity contribution < 1.29 is 4.79 Å². The zero-order valence-electron chi connectivity index (χ0n) is 14.1. The van der Waals surface area contributed by atoms with Crippen molar-refractivity contribution in [2.45, 2.75) is 51.6 Å². The fourth-order valence-electron chi connectivity index (χ4n) is 4.08. The monoisotopic (exact) mass is 325 g/mol. The van der Waals surface area contributed by atoms with E-state index in [0.29, 0.717) is 11.6 Å². The third kappa shape index (κ3) is 2.70. The highest BCUT2D eigenvalue weighted by Gasteiger charge is 2.38. The molecule has 1 aliphatic carbocycles. The van der Waals surface area contributed by atoms with Crippen molar-refractivity contribution in [3.63, 3.8) is 0 Å². The number of amides is 1. The first kappa shape index (κ1) is 15.3. The molecule has 0 spiro atoms. The standard InChI is InChI=1S/C18H23N5O/c1-13-11-21-15(12-20-13)18(24)23-9-4-8-22-10-7-19-17(22)16(23)14-5-2-3-6-14/h7,10-12,14,16H,2-6,8-9H2,1H3. The van der Waals surface area contributed by atoms with Gasteiger partial charge < -0.3 is 9.47 Å². The van der Waals surface area contributed by atoms with E-state index < -0.39 is 0 Å². The summed E-state index contributed by atoms with van der Waals surface area (Å²) in [5.41, 5.74) is 1.26. The molecule has 0 aromatic carbocycles. The lowest BCUT2D eigenvalue weighted by molar-refractivity contribution is 0.0596. The minimum absolute atomic E-state index is 0.0177. The fraction of sp³-hybridized carbons (Fsp3) is 0.556. The maximum Gasteiger partial charge on any atom is 0.274 e. The fourth-order valence-corrected chi connectivity index (χ4v) is 4.08. The largest absolute Gasteiger partial charge is 0.333 e. The summed E-state index contributed by atoms with van der Waals surface area (Å²) in [4.78, 5) is 28.3. The van der Waals surface area contributed by atoms with E-state index >= 15 is 0 Å². The summed E-state index contributed by atoms with van der Waals surface area (Å²) in [6.07, 6.45) is 12.9. The van der Waals surface area contributed by atoms with Crippen LogP contribution in [0.4, 0.5) is 0 Å². The second-order valence-corrected chi connectivity index (χ2v) is 6.86. The van der Waals surface area contributed by atoms with Crippen molar-refractivity contribution in [2.75, 3.05) is 6.54 Å². The van der Waals surface area contributed by atoms with Crippen LogP contribution >= 0.6 is 0 Å². The normalized spacial score (nSPS) is 21.5. The molecule has 0 radical (unpaired) electrons. The Morgan fingerprint density at radius 2 is 1.92 bits per heavy atom. The van der Waals surface area contributed by atoms with E-state index in [4.69, 9.17) is 0 Å². The average molecular weight is 325 g/mol. The summed E-state index contributed by atoms with van der Waals surface area (Å²) in [6.45, 7) is 3.55. The third-order valence-electron chi connectivity index (χ3n) is 5.25. The van der Waals surface area contributed by atoms with E-state index in [0.717, 1.165) is 31.0 Å². The second-order valence-electron chi connectivity index (χ2n) is 6.86. The highest BCUT2D eigenvalue weighted by atomic mass is 16.2. The Balaban J connectivity index is 1.71.